The van der Waals surface area contributed by atoms with E-state index in [4.69, 9.17) is 5.11 Å². The molecule has 1 aliphatic carbocycles. The highest BCUT2D eigenvalue weighted by atomic mass is 19.1. The summed E-state index contributed by atoms with van der Waals surface area (Å²) < 4.78 is 32.4. The van der Waals surface area contributed by atoms with Crippen molar-refractivity contribution in [3.05, 3.63) is 73.8 Å². The highest BCUT2D eigenvalue weighted by Crippen LogP contribution is 2.38. The molecule has 15 heteroatoms. The SMILES string of the molecule is CCn1cc(C(=O)O)c(=O)c2cc(F)c(N3CCNCC3)nc21.O=C(O)c1cn(C2CC2)c2cc(N3CCNCC3)c(F)cc2c1=O. The Morgan fingerprint density at radius 2 is 1.38 bits per heavy atom. The topological polar surface area (TPSA) is 162 Å². The first-order valence-corrected chi connectivity index (χ1v) is 15.6. The van der Waals surface area contributed by atoms with Crippen LogP contribution in [0.2, 0.25) is 0 Å². The van der Waals surface area contributed by atoms with Gasteiger partial charge in [-0.1, -0.05) is 0 Å². The molecule has 2 aliphatic heterocycles. The third kappa shape index (κ3) is 6.27. The highest BCUT2D eigenvalue weighted by Gasteiger charge is 2.28. The van der Waals surface area contributed by atoms with Gasteiger partial charge in [0.05, 0.1) is 16.6 Å². The second-order valence-corrected chi connectivity index (χ2v) is 11.7. The van der Waals surface area contributed by atoms with Gasteiger partial charge in [0.15, 0.2) is 11.6 Å². The van der Waals surface area contributed by atoms with Crippen molar-refractivity contribution in [1.82, 2.24) is 24.8 Å². The zero-order chi connectivity index (χ0) is 33.4. The Hall–Kier alpha value is -4.89. The van der Waals surface area contributed by atoms with E-state index in [2.05, 4.69) is 15.6 Å². The predicted octanol–water partition coefficient (Wildman–Crippen LogP) is 2.25. The van der Waals surface area contributed by atoms with Crippen LogP contribution in [0.25, 0.3) is 21.9 Å². The van der Waals surface area contributed by atoms with Gasteiger partial charge in [0.1, 0.15) is 22.6 Å². The summed E-state index contributed by atoms with van der Waals surface area (Å²) >= 11 is 0. The number of halogens is 2. The van der Waals surface area contributed by atoms with E-state index >= 15 is 0 Å². The summed E-state index contributed by atoms with van der Waals surface area (Å²) in [6.45, 7) is 7.91. The van der Waals surface area contributed by atoms with Gasteiger partial charge < -0.3 is 39.8 Å². The Morgan fingerprint density at radius 3 is 1.96 bits per heavy atom. The fourth-order valence-corrected chi connectivity index (χ4v) is 6.08. The molecular weight excluding hydrogens is 616 g/mol. The van der Waals surface area contributed by atoms with Crippen molar-refractivity contribution in [3.63, 3.8) is 0 Å². The largest absolute Gasteiger partial charge is 0.477 e. The Bertz CT molecular complexity index is 2000. The summed E-state index contributed by atoms with van der Waals surface area (Å²) in [5, 5.41) is 24.9. The molecule has 47 heavy (non-hydrogen) atoms. The first-order valence-electron chi connectivity index (χ1n) is 15.6. The van der Waals surface area contributed by atoms with E-state index in [0.29, 0.717) is 49.6 Å². The number of aromatic carboxylic acids is 2. The zero-order valence-corrected chi connectivity index (χ0v) is 25.8. The zero-order valence-electron chi connectivity index (χ0n) is 25.8. The van der Waals surface area contributed by atoms with Gasteiger partial charge in [-0.2, -0.15) is 0 Å². The van der Waals surface area contributed by atoms with E-state index in [-0.39, 0.29) is 33.8 Å². The third-order valence-corrected chi connectivity index (χ3v) is 8.70. The molecule has 1 aromatic carbocycles. The van der Waals surface area contributed by atoms with Gasteiger partial charge in [0.2, 0.25) is 10.9 Å². The van der Waals surface area contributed by atoms with Crippen LogP contribution in [0.5, 0.6) is 0 Å². The predicted molar refractivity (Wildman–Crippen MR) is 172 cm³/mol. The van der Waals surface area contributed by atoms with Gasteiger partial charge in [-0.15, -0.1) is 0 Å². The number of aryl methyl sites for hydroxylation is 1. The van der Waals surface area contributed by atoms with Crippen LogP contribution in [-0.4, -0.2) is 88.6 Å². The average molecular weight is 652 g/mol. The minimum Gasteiger partial charge on any atom is -0.477 e. The van der Waals surface area contributed by atoms with E-state index in [1.165, 1.54) is 18.5 Å². The Morgan fingerprint density at radius 1 is 0.830 bits per heavy atom. The van der Waals surface area contributed by atoms with Crippen LogP contribution in [0.3, 0.4) is 0 Å². The molecule has 4 aromatic rings. The smallest absolute Gasteiger partial charge is 0.341 e. The summed E-state index contributed by atoms with van der Waals surface area (Å²) in [7, 11) is 0. The number of benzene rings is 1. The molecule has 0 spiro atoms. The molecule has 7 rings (SSSR count). The standard InChI is InChI=1S/C17H18FN3O3.C15H17FN4O3/c18-13-7-11-14(8-15(13)20-5-3-19-4-6-20)21(10-1-2-10)9-12(16(11)22)17(23)24;1-2-19-8-10(15(22)23)12(21)9-7-11(16)14(18-13(9)19)20-5-3-17-4-6-20/h7-10,19H,1-6H2,(H,23,24);7-8,17H,2-6H2,1H3,(H,22,23). The number of anilines is 2. The first-order chi connectivity index (χ1) is 22.6. The molecule has 248 valence electrons. The Labute approximate surface area is 267 Å². The van der Waals surface area contributed by atoms with Crippen LogP contribution in [0.4, 0.5) is 20.3 Å². The molecule has 5 heterocycles. The minimum atomic E-state index is -1.33. The molecule has 3 aliphatic rings. The lowest BCUT2D eigenvalue weighted by molar-refractivity contribution is 0.0684. The minimum absolute atomic E-state index is 0.0110. The fourth-order valence-electron chi connectivity index (χ4n) is 6.08. The molecule has 3 fully saturated rings. The normalized spacial score (nSPS) is 16.7. The number of piperazine rings is 2. The van der Waals surface area contributed by atoms with Gasteiger partial charge in [-0.05, 0) is 38.0 Å². The van der Waals surface area contributed by atoms with E-state index < -0.39 is 34.4 Å². The van der Waals surface area contributed by atoms with Crippen molar-refractivity contribution in [2.45, 2.75) is 32.4 Å². The van der Waals surface area contributed by atoms with Crippen LogP contribution in [0, 0.1) is 11.6 Å². The van der Waals surface area contributed by atoms with Crippen molar-refractivity contribution in [3.8, 4) is 0 Å². The number of rotatable bonds is 6. The Kier molecular flexibility index (Phi) is 8.92. The van der Waals surface area contributed by atoms with E-state index in [1.54, 1.807) is 10.6 Å². The molecule has 3 aromatic heterocycles. The highest BCUT2D eigenvalue weighted by molar-refractivity contribution is 5.94. The lowest BCUT2D eigenvalue weighted by atomic mass is 10.1. The van der Waals surface area contributed by atoms with Crippen molar-refractivity contribution >= 4 is 45.4 Å². The number of nitrogens with zero attached hydrogens (tertiary/aromatic N) is 5. The van der Waals surface area contributed by atoms with Crippen LogP contribution in [0.15, 0.2) is 40.2 Å². The number of carboxylic acid groups (broad SMARTS) is 2. The molecule has 0 amide bonds. The summed E-state index contributed by atoms with van der Waals surface area (Å²) in [6, 6.07) is 4.18. The number of fused-ring (bicyclic) bond motifs is 2. The van der Waals surface area contributed by atoms with Gasteiger partial charge in [-0.25, -0.2) is 23.4 Å². The molecule has 2 saturated heterocycles. The molecule has 1 saturated carbocycles. The number of hydrogen-bond acceptors (Lipinski definition) is 9. The van der Waals surface area contributed by atoms with E-state index in [0.717, 1.165) is 45.1 Å². The van der Waals surface area contributed by atoms with Crippen molar-refractivity contribution in [2.75, 3.05) is 62.2 Å². The number of nitrogens with one attached hydrogen (secondary N) is 2. The van der Waals surface area contributed by atoms with Crippen LogP contribution < -0.4 is 31.3 Å². The summed E-state index contributed by atoms with van der Waals surface area (Å²) in [6.07, 6.45) is 4.55. The summed E-state index contributed by atoms with van der Waals surface area (Å²) in [5.74, 6) is -3.50. The maximum Gasteiger partial charge on any atom is 0.341 e. The average Bonchev–Trinajstić information content (AvgIpc) is 3.92. The number of aromatic nitrogens is 3. The van der Waals surface area contributed by atoms with Crippen LogP contribution >= 0.6 is 0 Å². The summed E-state index contributed by atoms with van der Waals surface area (Å²) in [4.78, 5) is 55.3. The van der Waals surface area contributed by atoms with Crippen LogP contribution in [0.1, 0.15) is 46.5 Å². The quantitative estimate of drug-likeness (QED) is 0.242. The van der Waals surface area contributed by atoms with Gasteiger partial charge >= 0.3 is 11.9 Å². The fraction of sp³-hybridized carbons (Fsp3) is 0.406. The number of pyridine rings is 3. The lowest BCUT2D eigenvalue weighted by Crippen LogP contribution is -2.44. The number of carbonyl (C=O) groups is 2. The van der Waals surface area contributed by atoms with Crippen LogP contribution in [-0.2, 0) is 6.54 Å². The van der Waals surface area contributed by atoms with E-state index in [1.807, 2.05) is 21.3 Å². The Balaban J connectivity index is 0.000000165. The molecule has 0 bridgehead atoms. The third-order valence-electron chi connectivity index (χ3n) is 8.70. The molecule has 13 nitrogen and oxygen atoms in total. The van der Waals surface area contributed by atoms with Crippen molar-refractivity contribution in [1.29, 1.82) is 0 Å². The maximum atomic E-state index is 14.6. The second kappa shape index (κ2) is 13.1. The van der Waals surface area contributed by atoms with Crippen molar-refractivity contribution in [2.24, 2.45) is 0 Å². The van der Waals surface area contributed by atoms with E-state index in [9.17, 15) is 33.1 Å². The maximum absolute atomic E-state index is 14.6. The summed E-state index contributed by atoms with van der Waals surface area (Å²) in [5.41, 5.74) is -0.629. The molecule has 0 radical (unpaired) electrons. The molecule has 0 unspecified atom stereocenters. The number of hydrogen-bond donors (Lipinski definition) is 4. The van der Waals surface area contributed by atoms with Gasteiger partial charge in [0, 0.05) is 82.7 Å². The molecular formula is C32H35F2N7O6. The monoisotopic (exact) mass is 651 g/mol. The van der Waals surface area contributed by atoms with Gasteiger partial charge in [-0.3, -0.25) is 9.59 Å². The molecule has 4 N–H and O–H groups in total. The van der Waals surface area contributed by atoms with Gasteiger partial charge in [0.25, 0.3) is 0 Å². The first kappa shape index (κ1) is 32.1. The second-order valence-electron chi connectivity index (χ2n) is 11.7. The lowest BCUT2D eigenvalue weighted by Gasteiger charge is -2.30. The molecule has 0 atom stereocenters. The van der Waals surface area contributed by atoms with Crippen molar-refractivity contribution < 1.29 is 28.6 Å². The number of carboxylic acids is 2.